The first kappa shape index (κ1) is 14.0. The van der Waals surface area contributed by atoms with Gasteiger partial charge in [-0.3, -0.25) is 4.79 Å². The minimum absolute atomic E-state index is 0.0614. The molecule has 0 aromatic heterocycles. The number of carbonyl (C=O) groups is 1. The SMILES string of the molecule is COCc1ccccc1C(=O)N1CCC(C)(CN)C1. The van der Waals surface area contributed by atoms with Gasteiger partial charge in [-0.1, -0.05) is 25.1 Å². The van der Waals surface area contributed by atoms with E-state index in [1.54, 1.807) is 7.11 Å². The van der Waals surface area contributed by atoms with E-state index in [2.05, 4.69) is 6.92 Å². The third kappa shape index (κ3) is 2.96. The Balaban J connectivity index is 2.17. The number of likely N-dealkylation sites (tertiary alicyclic amines) is 1. The second-order valence-electron chi connectivity index (χ2n) is 5.58. The van der Waals surface area contributed by atoms with Crippen LogP contribution >= 0.6 is 0 Å². The molecule has 2 rings (SSSR count). The first-order valence-electron chi connectivity index (χ1n) is 6.66. The molecule has 104 valence electrons. The van der Waals surface area contributed by atoms with Crippen molar-refractivity contribution in [3.8, 4) is 0 Å². The van der Waals surface area contributed by atoms with Gasteiger partial charge >= 0.3 is 0 Å². The Labute approximate surface area is 114 Å². The number of nitrogens with two attached hydrogens (primary N) is 1. The van der Waals surface area contributed by atoms with Gasteiger partial charge in [-0.05, 0) is 30.0 Å². The molecule has 0 spiro atoms. The number of benzene rings is 1. The molecule has 1 heterocycles. The molecule has 1 aromatic carbocycles. The lowest BCUT2D eigenvalue weighted by Gasteiger charge is -2.23. The van der Waals surface area contributed by atoms with Gasteiger partial charge in [-0.15, -0.1) is 0 Å². The molecule has 19 heavy (non-hydrogen) atoms. The van der Waals surface area contributed by atoms with Gasteiger partial charge in [0.2, 0.25) is 0 Å². The highest BCUT2D eigenvalue weighted by Gasteiger charge is 2.35. The number of rotatable bonds is 4. The number of methoxy groups -OCH3 is 1. The van der Waals surface area contributed by atoms with Crippen LogP contribution in [-0.2, 0) is 11.3 Å². The summed E-state index contributed by atoms with van der Waals surface area (Å²) in [5, 5.41) is 0. The number of nitrogens with zero attached hydrogens (tertiary/aromatic N) is 1. The van der Waals surface area contributed by atoms with Crippen molar-refractivity contribution in [3.05, 3.63) is 35.4 Å². The molecule has 4 heteroatoms. The number of ether oxygens (including phenoxy) is 1. The van der Waals surface area contributed by atoms with Gasteiger partial charge < -0.3 is 15.4 Å². The molecular formula is C15H22N2O2. The van der Waals surface area contributed by atoms with Crippen LogP contribution in [0.25, 0.3) is 0 Å². The zero-order valence-corrected chi connectivity index (χ0v) is 11.7. The van der Waals surface area contributed by atoms with Crippen molar-refractivity contribution in [3.63, 3.8) is 0 Å². The Bertz CT molecular complexity index is 461. The number of hydrogen-bond donors (Lipinski definition) is 1. The largest absolute Gasteiger partial charge is 0.380 e. The van der Waals surface area contributed by atoms with Gasteiger partial charge in [0.15, 0.2) is 0 Å². The van der Waals surface area contributed by atoms with Gasteiger partial charge in [0.1, 0.15) is 0 Å². The molecule has 2 N–H and O–H groups in total. The van der Waals surface area contributed by atoms with E-state index in [1.165, 1.54) is 0 Å². The zero-order valence-electron chi connectivity index (χ0n) is 11.7. The quantitative estimate of drug-likeness (QED) is 0.897. The molecule has 1 saturated heterocycles. The molecule has 1 aliphatic rings. The fraction of sp³-hybridized carbons (Fsp3) is 0.533. The highest BCUT2D eigenvalue weighted by molar-refractivity contribution is 5.95. The topological polar surface area (TPSA) is 55.6 Å². The molecule has 0 aliphatic carbocycles. The minimum Gasteiger partial charge on any atom is -0.380 e. The van der Waals surface area contributed by atoms with Crippen molar-refractivity contribution in [2.75, 3.05) is 26.7 Å². The maximum absolute atomic E-state index is 12.6. The molecule has 1 aliphatic heterocycles. The van der Waals surface area contributed by atoms with Crippen LogP contribution in [0.15, 0.2) is 24.3 Å². The fourth-order valence-electron chi connectivity index (χ4n) is 2.54. The Morgan fingerprint density at radius 3 is 2.84 bits per heavy atom. The molecule has 1 fully saturated rings. The third-order valence-electron chi connectivity index (χ3n) is 3.89. The van der Waals surface area contributed by atoms with Crippen LogP contribution in [0.5, 0.6) is 0 Å². The summed E-state index contributed by atoms with van der Waals surface area (Å²) in [5.74, 6) is 0.0878. The molecule has 0 bridgehead atoms. The van der Waals surface area contributed by atoms with Crippen LogP contribution < -0.4 is 5.73 Å². The predicted molar refractivity (Wildman–Crippen MR) is 74.8 cm³/mol. The lowest BCUT2D eigenvalue weighted by atomic mass is 9.90. The van der Waals surface area contributed by atoms with E-state index in [0.717, 1.165) is 30.6 Å². The molecule has 0 radical (unpaired) electrons. The maximum atomic E-state index is 12.6. The molecule has 1 unspecified atom stereocenters. The van der Waals surface area contributed by atoms with E-state index in [-0.39, 0.29) is 11.3 Å². The molecule has 1 atom stereocenters. The maximum Gasteiger partial charge on any atom is 0.254 e. The van der Waals surface area contributed by atoms with Gasteiger partial charge in [0.25, 0.3) is 5.91 Å². The van der Waals surface area contributed by atoms with E-state index in [0.29, 0.717) is 13.2 Å². The van der Waals surface area contributed by atoms with Crippen LogP contribution in [0.3, 0.4) is 0 Å². The lowest BCUT2D eigenvalue weighted by Crippen LogP contribution is -2.34. The van der Waals surface area contributed by atoms with Crippen molar-refractivity contribution < 1.29 is 9.53 Å². The summed E-state index contributed by atoms with van der Waals surface area (Å²) >= 11 is 0. The summed E-state index contributed by atoms with van der Waals surface area (Å²) in [5.41, 5.74) is 7.53. The Morgan fingerprint density at radius 2 is 2.21 bits per heavy atom. The smallest absolute Gasteiger partial charge is 0.254 e. The Kier molecular flexibility index (Phi) is 4.22. The summed E-state index contributed by atoms with van der Waals surface area (Å²) in [7, 11) is 1.64. The number of hydrogen-bond acceptors (Lipinski definition) is 3. The summed E-state index contributed by atoms with van der Waals surface area (Å²) in [6, 6.07) is 7.63. The van der Waals surface area contributed by atoms with E-state index in [4.69, 9.17) is 10.5 Å². The van der Waals surface area contributed by atoms with Crippen LogP contribution in [0.2, 0.25) is 0 Å². The van der Waals surface area contributed by atoms with Crippen LogP contribution in [-0.4, -0.2) is 37.6 Å². The normalized spacial score (nSPS) is 22.8. The first-order chi connectivity index (χ1) is 9.09. The Hall–Kier alpha value is -1.39. The van der Waals surface area contributed by atoms with E-state index in [9.17, 15) is 4.79 Å². The summed E-state index contributed by atoms with van der Waals surface area (Å²) in [6.45, 7) is 4.75. The summed E-state index contributed by atoms with van der Waals surface area (Å²) < 4.78 is 5.15. The molecule has 1 amide bonds. The van der Waals surface area contributed by atoms with Crippen molar-refractivity contribution in [1.29, 1.82) is 0 Å². The summed E-state index contributed by atoms with van der Waals surface area (Å²) in [4.78, 5) is 14.5. The average molecular weight is 262 g/mol. The van der Waals surface area contributed by atoms with Gasteiger partial charge in [0.05, 0.1) is 6.61 Å². The van der Waals surface area contributed by atoms with Crippen molar-refractivity contribution in [2.45, 2.75) is 20.0 Å². The monoisotopic (exact) mass is 262 g/mol. The van der Waals surface area contributed by atoms with Crippen LogP contribution in [0.1, 0.15) is 29.3 Å². The molecule has 4 nitrogen and oxygen atoms in total. The predicted octanol–water partition coefficient (Wildman–Crippen LogP) is 1.64. The van der Waals surface area contributed by atoms with Gasteiger partial charge in [0, 0.05) is 25.8 Å². The van der Waals surface area contributed by atoms with Gasteiger partial charge in [-0.25, -0.2) is 0 Å². The number of carbonyl (C=O) groups excluding carboxylic acids is 1. The van der Waals surface area contributed by atoms with Crippen LogP contribution in [0, 0.1) is 5.41 Å². The second-order valence-corrected chi connectivity index (χ2v) is 5.58. The average Bonchev–Trinajstić information content (AvgIpc) is 2.83. The first-order valence-corrected chi connectivity index (χ1v) is 6.66. The lowest BCUT2D eigenvalue weighted by molar-refractivity contribution is 0.0772. The van der Waals surface area contributed by atoms with Gasteiger partial charge in [-0.2, -0.15) is 0 Å². The highest BCUT2D eigenvalue weighted by atomic mass is 16.5. The second kappa shape index (κ2) is 5.72. The third-order valence-corrected chi connectivity index (χ3v) is 3.89. The van der Waals surface area contributed by atoms with Crippen LogP contribution in [0.4, 0.5) is 0 Å². The summed E-state index contributed by atoms with van der Waals surface area (Å²) in [6.07, 6.45) is 0.974. The minimum atomic E-state index is 0.0614. The zero-order chi connectivity index (χ0) is 13.9. The molecular weight excluding hydrogens is 240 g/mol. The van der Waals surface area contributed by atoms with E-state index >= 15 is 0 Å². The Morgan fingerprint density at radius 1 is 1.47 bits per heavy atom. The van der Waals surface area contributed by atoms with Crippen molar-refractivity contribution in [2.24, 2.45) is 11.1 Å². The van der Waals surface area contributed by atoms with E-state index in [1.807, 2.05) is 29.2 Å². The fourth-order valence-corrected chi connectivity index (χ4v) is 2.54. The number of amides is 1. The van der Waals surface area contributed by atoms with Crippen molar-refractivity contribution >= 4 is 5.91 Å². The highest BCUT2D eigenvalue weighted by Crippen LogP contribution is 2.29. The standard InChI is InChI=1S/C15H22N2O2/c1-15(10-16)7-8-17(11-15)14(18)13-6-4-3-5-12(13)9-19-2/h3-6H,7-11,16H2,1-2H3. The van der Waals surface area contributed by atoms with E-state index < -0.39 is 0 Å². The molecule has 1 aromatic rings. The van der Waals surface area contributed by atoms with Crippen molar-refractivity contribution in [1.82, 2.24) is 4.90 Å². The molecule has 0 saturated carbocycles.